The largest absolute Gasteiger partial charge is 0.459 e. The summed E-state index contributed by atoms with van der Waals surface area (Å²) in [6, 6.07) is 0.210. The highest BCUT2D eigenvalue weighted by Gasteiger charge is 2.36. The molecule has 4 heteroatoms. The Balaban J connectivity index is 2.51. The Morgan fingerprint density at radius 3 is 2.38 bits per heavy atom. The number of carbonyl (C=O) groups excluding carboxylic acids is 1. The number of carbonyl (C=O) groups is 1. The Kier molecular flexibility index (Phi) is 6.60. The number of thioether (sulfide) groups is 1. The van der Waals surface area contributed by atoms with E-state index in [0.717, 1.165) is 12.8 Å². The van der Waals surface area contributed by atoms with Gasteiger partial charge in [-0.15, -0.1) is 11.8 Å². The van der Waals surface area contributed by atoms with Crippen molar-refractivity contribution in [2.75, 3.05) is 5.75 Å². The van der Waals surface area contributed by atoms with Gasteiger partial charge in [0.15, 0.2) is 0 Å². The Morgan fingerprint density at radius 1 is 1.24 bits per heavy atom. The fourth-order valence-electron chi connectivity index (χ4n) is 2.89. The van der Waals surface area contributed by atoms with Gasteiger partial charge in [-0.3, -0.25) is 4.79 Å². The zero-order valence-corrected chi connectivity index (χ0v) is 15.4. The maximum absolute atomic E-state index is 11.9. The van der Waals surface area contributed by atoms with Crippen LogP contribution in [0.1, 0.15) is 67.2 Å². The van der Waals surface area contributed by atoms with Crippen LogP contribution in [-0.2, 0) is 9.53 Å². The number of hydrogen-bond acceptors (Lipinski definition) is 4. The second-order valence-corrected chi connectivity index (χ2v) is 9.18. The second kappa shape index (κ2) is 7.36. The van der Waals surface area contributed by atoms with E-state index in [1.54, 1.807) is 11.8 Å². The quantitative estimate of drug-likeness (QED) is 0.779. The number of rotatable bonds is 5. The van der Waals surface area contributed by atoms with Gasteiger partial charge in [-0.25, -0.2) is 0 Å². The molecule has 1 saturated carbocycles. The van der Waals surface area contributed by atoms with Crippen molar-refractivity contribution in [3.63, 3.8) is 0 Å². The lowest BCUT2D eigenvalue weighted by Gasteiger charge is -2.41. The number of hydrogen-bond donors (Lipinski definition) is 1. The maximum Gasteiger partial charge on any atom is 0.316 e. The van der Waals surface area contributed by atoms with Crippen LogP contribution in [0.4, 0.5) is 0 Å². The third kappa shape index (κ3) is 6.19. The lowest BCUT2D eigenvalue weighted by Crippen LogP contribution is -2.42. The van der Waals surface area contributed by atoms with Crippen LogP contribution in [0.3, 0.4) is 0 Å². The van der Waals surface area contributed by atoms with E-state index >= 15 is 0 Å². The molecule has 0 saturated heterocycles. The zero-order chi connectivity index (χ0) is 16.3. The summed E-state index contributed by atoms with van der Waals surface area (Å²) in [6.45, 7) is 12.7. The molecule has 1 rings (SSSR count). The summed E-state index contributed by atoms with van der Waals surface area (Å²) in [5, 5.41) is 0.377. The Bertz CT molecular complexity index is 349. The SMILES string of the molecule is CCC(C)(C)C1CCC(N)C(SCC(=O)OC(C)(C)C)C1. The van der Waals surface area contributed by atoms with Gasteiger partial charge in [0.2, 0.25) is 0 Å². The molecule has 0 aromatic carbocycles. The molecule has 0 bridgehead atoms. The number of ether oxygens (including phenoxy) is 1. The fraction of sp³-hybridized carbons (Fsp3) is 0.941. The van der Waals surface area contributed by atoms with Gasteiger partial charge >= 0.3 is 5.97 Å². The van der Waals surface area contributed by atoms with E-state index in [0.29, 0.717) is 22.3 Å². The number of esters is 1. The Hall–Kier alpha value is -0.220. The zero-order valence-electron chi connectivity index (χ0n) is 14.6. The monoisotopic (exact) mass is 315 g/mol. The maximum atomic E-state index is 11.9. The van der Waals surface area contributed by atoms with Crippen molar-refractivity contribution in [3.8, 4) is 0 Å². The van der Waals surface area contributed by atoms with Crippen LogP contribution in [0.15, 0.2) is 0 Å². The predicted molar refractivity (Wildman–Crippen MR) is 91.5 cm³/mol. The van der Waals surface area contributed by atoms with E-state index in [-0.39, 0.29) is 12.0 Å². The van der Waals surface area contributed by atoms with Gasteiger partial charge in [0.25, 0.3) is 0 Å². The first kappa shape index (κ1) is 18.8. The second-order valence-electron chi connectivity index (χ2n) is 7.95. The van der Waals surface area contributed by atoms with E-state index in [2.05, 4.69) is 20.8 Å². The first-order valence-corrected chi connectivity index (χ1v) is 9.19. The van der Waals surface area contributed by atoms with Crippen LogP contribution in [0, 0.1) is 11.3 Å². The Morgan fingerprint density at radius 2 is 1.86 bits per heavy atom. The molecule has 3 nitrogen and oxygen atoms in total. The molecule has 0 spiro atoms. The minimum Gasteiger partial charge on any atom is -0.459 e. The molecule has 1 aliphatic rings. The van der Waals surface area contributed by atoms with Crippen LogP contribution >= 0.6 is 11.8 Å². The molecule has 0 aliphatic heterocycles. The summed E-state index contributed by atoms with van der Waals surface area (Å²) in [4.78, 5) is 11.9. The van der Waals surface area contributed by atoms with Crippen LogP contribution in [0.25, 0.3) is 0 Å². The molecule has 1 fully saturated rings. The normalized spacial score (nSPS) is 27.5. The van der Waals surface area contributed by atoms with E-state index in [4.69, 9.17) is 10.5 Å². The molecule has 0 radical (unpaired) electrons. The molecule has 3 unspecified atom stereocenters. The highest BCUT2D eigenvalue weighted by atomic mass is 32.2. The average Bonchev–Trinajstić information content (AvgIpc) is 2.35. The summed E-state index contributed by atoms with van der Waals surface area (Å²) in [7, 11) is 0. The Labute approximate surface area is 134 Å². The molecule has 21 heavy (non-hydrogen) atoms. The molecule has 1 aliphatic carbocycles. The smallest absolute Gasteiger partial charge is 0.316 e. The molecule has 0 aromatic heterocycles. The molecule has 0 amide bonds. The summed E-state index contributed by atoms with van der Waals surface area (Å²) >= 11 is 1.69. The fourth-order valence-corrected chi connectivity index (χ4v) is 4.05. The standard InChI is InChI=1S/C17H33NO2S/c1-7-17(5,6)12-8-9-13(18)14(10-12)21-11-15(19)20-16(2,3)4/h12-14H,7-11,18H2,1-6H3. The van der Waals surface area contributed by atoms with Crippen molar-refractivity contribution >= 4 is 17.7 Å². The molecule has 0 aromatic rings. The topological polar surface area (TPSA) is 52.3 Å². The average molecular weight is 316 g/mol. The summed E-state index contributed by atoms with van der Waals surface area (Å²) in [5.74, 6) is 0.990. The lowest BCUT2D eigenvalue weighted by atomic mass is 9.69. The van der Waals surface area contributed by atoms with Crippen molar-refractivity contribution in [1.82, 2.24) is 0 Å². The molecule has 2 N–H and O–H groups in total. The van der Waals surface area contributed by atoms with E-state index < -0.39 is 5.60 Å². The highest BCUT2D eigenvalue weighted by molar-refractivity contribution is 8.00. The lowest BCUT2D eigenvalue weighted by molar-refractivity contribution is -0.151. The predicted octanol–water partition coefficient (Wildman–Crippen LogP) is 3.99. The van der Waals surface area contributed by atoms with Crippen molar-refractivity contribution in [2.24, 2.45) is 17.1 Å². The molecular weight excluding hydrogens is 282 g/mol. The van der Waals surface area contributed by atoms with Gasteiger partial charge in [-0.2, -0.15) is 0 Å². The molecule has 0 heterocycles. The van der Waals surface area contributed by atoms with Crippen LogP contribution in [0.5, 0.6) is 0 Å². The van der Waals surface area contributed by atoms with Gasteiger partial charge in [0.1, 0.15) is 5.60 Å². The molecule has 124 valence electrons. The van der Waals surface area contributed by atoms with Gasteiger partial charge in [-0.1, -0.05) is 27.2 Å². The third-order valence-electron chi connectivity index (χ3n) is 4.69. The first-order valence-electron chi connectivity index (χ1n) is 8.14. The van der Waals surface area contributed by atoms with Crippen molar-refractivity contribution < 1.29 is 9.53 Å². The van der Waals surface area contributed by atoms with E-state index in [1.807, 2.05) is 20.8 Å². The van der Waals surface area contributed by atoms with Gasteiger partial charge < -0.3 is 10.5 Å². The third-order valence-corrected chi connectivity index (χ3v) is 6.07. The molecular formula is C17H33NO2S. The summed E-state index contributed by atoms with van der Waals surface area (Å²) in [5.41, 5.74) is 6.23. The van der Waals surface area contributed by atoms with E-state index in [1.165, 1.54) is 12.8 Å². The highest BCUT2D eigenvalue weighted by Crippen LogP contribution is 2.43. The number of nitrogens with two attached hydrogens (primary N) is 1. The van der Waals surface area contributed by atoms with Gasteiger partial charge in [0, 0.05) is 11.3 Å². The summed E-state index contributed by atoms with van der Waals surface area (Å²) < 4.78 is 5.38. The van der Waals surface area contributed by atoms with Gasteiger partial charge in [0.05, 0.1) is 5.75 Å². The van der Waals surface area contributed by atoms with E-state index in [9.17, 15) is 4.79 Å². The van der Waals surface area contributed by atoms with Crippen LogP contribution < -0.4 is 5.73 Å². The van der Waals surface area contributed by atoms with Crippen molar-refractivity contribution in [1.29, 1.82) is 0 Å². The minimum atomic E-state index is -0.404. The van der Waals surface area contributed by atoms with Crippen LogP contribution in [-0.4, -0.2) is 28.6 Å². The molecule has 3 atom stereocenters. The summed E-state index contributed by atoms with van der Waals surface area (Å²) in [6.07, 6.45) is 4.59. The van der Waals surface area contributed by atoms with Gasteiger partial charge in [-0.05, 0) is 51.4 Å². The van der Waals surface area contributed by atoms with Crippen molar-refractivity contribution in [3.05, 3.63) is 0 Å². The minimum absolute atomic E-state index is 0.128. The van der Waals surface area contributed by atoms with Crippen molar-refractivity contribution in [2.45, 2.75) is 84.1 Å². The van der Waals surface area contributed by atoms with Crippen LogP contribution in [0.2, 0.25) is 0 Å². The first-order chi connectivity index (χ1) is 9.55.